The molecular weight excluding hydrogens is 353 g/mol. The minimum atomic E-state index is -4.17. The van der Waals surface area contributed by atoms with Gasteiger partial charge in [-0.25, -0.2) is 4.99 Å². The Bertz CT molecular complexity index is 560. The summed E-state index contributed by atoms with van der Waals surface area (Å²) in [6.45, 7) is 4.25. The second-order valence-corrected chi connectivity index (χ2v) is 7.24. The van der Waals surface area contributed by atoms with E-state index < -0.39 is 18.3 Å². The fourth-order valence-electron chi connectivity index (χ4n) is 2.76. The monoisotopic (exact) mass is 378 g/mol. The molecule has 0 radical (unpaired) electrons. The lowest BCUT2D eigenvalue weighted by atomic mass is 10.00. The number of alkyl halides is 3. The average molecular weight is 378 g/mol. The number of nitrogens with one attached hydrogen (secondary N) is 2. The number of hydrogen-bond acceptors (Lipinski definition) is 4. The first-order valence-electron chi connectivity index (χ1n) is 8.28. The van der Waals surface area contributed by atoms with Gasteiger partial charge in [0, 0.05) is 25.7 Å². The molecule has 0 bridgehead atoms. The van der Waals surface area contributed by atoms with Crippen LogP contribution in [0.15, 0.2) is 21.8 Å². The molecule has 1 aliphatic heterocycles. The molecule has 2 heterocycles. The minimum absolute atomic E-state index is 0.0914. The molecule has 2 unspecified atom stereocenters. The first-order valence-corrected chi connectivity index (χ1v) is 9.23. The minimum Gasteiger partial charge on any atom is -0.383 e. The van der Waals surface area contributed by atoms with E-state index in [4.69, 9.17) is 0 Å². The number of aliphatic imine (C=N–C) groups is 1. The van der Waals surface area contributed by atoms with Gasteiger partial charge in [0.25, 0.3) is 0 Å². The fraction of sp³-hybridized carbons (Fsp3) is 0.688. The molecule has 3 N–H and O–H groups in total. The summed E-state index contributed by atoms with van der Waals surface area (Å²) >= 11 is 1.50. The van der Waals surface area contributed by atoms with E-state index in [0.717, 1.165) is 5.56 Å². The number of thiophene rings is 1. The van der Waals surface area contributed by atoms with Gasteiger partial charge >= 0.3 is 6.18 Å². The van der Waals surface area contributed by atoms with Gasteiger partial charge in [-0.15, -0.1) is 0 Å². The van der Waals surface area contributed by atoms with Crippen LogP contribution in [0.3, 0.4) is 0 Å². The second kappa shape index (κ2) is 8.37. The quantitative estimate of drug-likeness (QED) is 0.524. The van der Waals surface area contributed by atoms with Crippen LogP contribution in [0.25, 0.3) is 0 Å². The molecule has 0 spiro atoms. The Balaban J connectivity index is 1.92. The number of rotatable bonds is 6. The summed E-state index contributed by atoms with van der Waals surface area (Å²) in [6, 6.07) is 1.76. The van der Waals surface area contributed by atoms with Gasteiger partial charge in [-0.1, -0.05) is 0 Å². The van der Waals surface area contributed by atoms with Crippen LogP contribution in [0.2, 0.25) is 0 Å². The maximum atomic E-state index is 12.5. The van der Waals surface area contributed by atoms with Crippen molar-refractivity contribution in [3.05, 3.63) is 22.4 Å². The van der Waals surface area contributed by atoms with E-state index in [2.05, 4.69) is 15.6 Å². The van der Waals surface area contributed by atoms with Crippen molar-refractivity contribution in [2.45, 2.75) is 38.1 Å². The third-order valence-electron chi connectivity index (χ3n) is 4.05. The smallest absolute Gasteiger partial charge is 0.383 e. The molecule has 142 valence electrons. The predicted octanol–water partition coefficient (Wildman–Crippen LogP) is 2.15. The van der Waals surface area contributed by atoms with Crippen molar-refractivity contribution in [1.29, 1.82) is 0 Å². The Morgan fingerprint density at radius 2 is 2.24 bits per heavy atom. The molecule has 0 amide bonds. The summed E-state index contributed by atoms with van der Waals surface area (Å²) in [7, 11) is 0. The molecule has 1 saturated heterocycles. The molecular formula is C16H25F3N4OS. The maximum Gasteiger partial charge on any atom is 0.401 e. The van der Waals surface area contributed by atoms with Gasteiger partial charge in [-0.05, 0) is 42.7 Å². The molecule has 1 aromatic heterocycles. The molecule has 1 fully saturated rings. The standard InChI is InChI=1S/C16H25F3N4OS/c1-3-20-14(21-10-15(2,24)12-5-7-25-9-12)22-13-4-6-23(8-13)11-16(17,18)19/h5,7,9,13,24H,3-4,6,8,10-11H2,1-2H3,(H2,20,21,22). The Labute approximate surface area is 149 Å². The largest absolute Gasteiger partial charge is 0.401 e. The summed E-state index contributed by atoms with van der Waals surface area (Å²) in [6.07, 6.45) is -3.55. The summed E-state index contributed by atoms with van der Waals surface area (Å²) < 4.78 is 37.4. The summed E-state index contributed by atoms with van der Waals surface area (Å²) in [5.74, 6) is 0.511. The molecule has 5 nitrogen and oxygen atoms in total. The van der Waals surface area contributed by atoms with Gasteiger partial charge in [0.1, 0.15) is 5.60 Å². The summed E-state index contributed by atoms with van der Waals surface area (Å²) in [5, 5.41) is 20.6. The topological polar surface area (TPSA) is 59.9 Å². The van der Waals surface area contributed by atoms with Crippen LogP contribution in [0.4, 0.5) is 13.2 Å². The maximum absolute atomic E-state index is 12.5. The number of hydrogen-bond donors (Lipinski definition) is 3. The zero-order chi connectivity index (χ0) is 18.5. The van der Waals surface area contributed by atoms with Gasteiger partial charge in [0.15, 0.2) is 5.96 Å². The van der Waals surface area contributed by atoms with Gasteiger partial charge in [-0.2, -0.15) is 24.5 Å². The summed E-state index contributed by atoms with van der Waals surface area (Å²) in [4.78, 5) is 5.80. The Kier molecular flexibility index (Phi) is 6.70. The molecule has 0 saturated carbocycles. The van der Waals surface area contributed by atoms with Crippen molar-refractivity contribution in [3.8, 4) is 0 Å². The second-order valence-electron chi connectivity index (χ2n) is 6.46. The molecule has 25 heavy (non-hydrogen) atoms. The third-order valence-corrected chi connectivity index (χ3v) is 4.73. The highest BCUT2D eigenvalue weighted by molar-refractivity contribution is 7.08. The van der Waals surface area contributed by atoms with Crippen LogP contribution in [0.5, 0.6) is 0 Å². The van der Waals surface area contributed by atoms with Gasteiger partial charge in [0.2, 0.25) is 0 Å². The van der Waals surface area contributed by atoms with Gasteiger partial charge < -0.3 is 15.7 Å². The molecule has 0 aromatic carbocycles. The van der Waals surface area contributed by atoms with Gasteiger partial charge in [0.05, 0.1) is 13.1 Å². The fourth-order valence-corrected chi connectivity index (χ4v) is 3.54. The number of nitrogens with zero attached hydrogens (tertiary/aromatic N) is 2. The first kappa shape index (κ1) is 20.0. The lowest BCUT2D eigenvalue weighted by molar-refractivity contribution is -0.143. The molecule has 2 atom stereocenters. The van der Waals surface area contributed by atoms with E-state index in [1.807, 2.05) is 23.8 Å². The predicted molar refractivity (Wildman–Crippen MR) is 93.9 cm³/mol. The summed E-state index contributed by atoms with van der Waals surface area (Å²) in [5.41, 5.74) is -0.283. The Morgan fingerprint density at radius 3 is 2.84 bits per heavy atom. The first-order chi connectivity index (χ1) is 11.7. The van der Waals surface area contributed by atoms with E-state index in [9.17, 15) is 18.3 Å². The Morgan fingerprint density at radius 1 is 1.48 bits per heavy atom. The number of guanidine groups is 1. The van der Waals surface area contributed by atoms with Crippen LogP contribution in [-0.4, -0.2) is 60.9 Å². The van der Waals surface area contributed by atoms with Crippen LogP contribution < -0.4 is 10.6 Å². The SMILES string of the molecule is CCNC(=NCC(C)(O)c1ccsc1)NC1CCN(CC(F)(F)F)C1. The molecule has 1 aliphatic rings. The van der Waals surface area contributed by atoms with Crippen molar-refractivity contribution in [3.63, 3.8) is 0 Å². The van der Waals surface area contributed by atoms with Gasteiger partial charge in [-0.3, -0.25) is 4.90 Å². The molecule has 2 rings (SSSR count). The van der Waals surface area contributed by atoms with Crippen LogP contribution in [0.1, 0.15) is 25.8 Å². The van der Waals surface area contributed by atoms with Crippen molar-refractivity contribution in [2.75, 3.05) is 32.7 Å². The third kappa shape index (κ3) is 6.48. The number of likely N-dealkylation sites (tertiary alicyclic amines) is 1. The molecule has 1 aromatic rings. The van der Waals surface area contributed by atoms with Crippen LogP contribution >= 0.6 is 11.3 Å². The van der Waals surface area contributed by atoms with E-state index in [0.29, 0.717) is 32.0 Å². The highest BCUT2D eigenvalue weighted by Crippen LogP contribution is 2.23. The van der Waals surface area contributed by atoms with Crippen molar-refractivity contribution in [1.82, 2.24) is 15.5 Å². The van der Waals surface area contributed by atoms with E-state index in [1.54, 1.807) is 6.92 Å². The lowest BCUT2D eigenvalue weighted by Gasteiger charge is -2.23. The zero-order valence-electron chi connectivity index (χ0n) is 14.4. The Hall–Kier alpha value is -1.32. The number of aliphatic hydroxyl groups is 1. The van der Waals surface area contributed by atoms with Crippen molar-refractivity contribution >= 4 is 17.3 Å². The van der Waals surface area contributed by atoms with E-state index >= 15 is 0 Å². The molecule has 0 aliphatic carbocycles. The van der Waals surface area contributed by atoms with Crippen LogP contribution in [-0.2, 0) is 5.60 Å². The van der Waals surface area contributed by atoms with Crippen molar-refractivity contribution < 1.29 is 18.3 Å². The van der Waals surface area contributed by atoms with Crippen molar-refractivity contribution in [2.24, 2.45) is 4.99 Å². The normalized spacial score (nSPS) is 22.0. The highest BCUT2D eigenvalue weighted by atomic mass is 32.1. The molecule has 9 heteroatoms. The number of halogens is 3. The average Bonchev–Trinajstić information content (AvgIpc) is 3.15. The highest BCUT2D eigenvalue weighted by Gasteiger charge is 2.34. The van der Waals surface area contributed by atoms with Crippen LogP contribution in [0, 0.1) is 0 Å². The lowest BCUT2D eigenvalue weighted by Crippen LogP contribution is -2.45. The van der Waals surface area contributed by atoms with E-state index in [-0.39, 0.29) is 12.6 Å². The zero-order valence-corrected chi connectivity index (χ0v) is 15.3. The van der Waals surface area contributed by atoms with E-state index in [1.165, 1.54) is 16.2 Å².